The van der Waals surface area contributed by atoms with Gasteiger partial charge in [0.2, 0.25) is 0 Å². The van der Waals surface area contributed by atoms with Crippen molar-refractivity contribution in [2.24, 2.45) is 0 Å². The molecule has 4 heteroatoms. The number of thiazole rings is 1. The molecule has 2 aromatic rings. The van der Waals surface area contributed by atoms with Crippen molar-refractivity contribution in [3.63, 3.8) is 0 Å². The predicted octanol–water partition coefficient (Wildman–Crippen LogP) is 3.11. The molecule has 0 fully saturated rings. The molecule has 0 radical (unpaired) electrons. The van der Waals surface area contributed by atoms with E-state index < -0.39 is 0 Å². The van der Waals surface area contributed by atoms with E-state index in [0.29, 0.717) is 0 Å². The molecular formula is C15H20N2OS. The number of hydrogen-bond acceptors (Lipinski definition) is 4. The Bertz CT molecular complexity index is 496. The maximum Gasteiger partial charge on any atom is 0.0936 e. The van der Waals surface area contributed by atoms with Crippen LogP contribution in [-0.2, 0) is 17.7 Å². The van der Waals surface area contributed by atoms with E-state index in [0.717, 1.165) is 31.7 Å². The molecular weight excluding hydrogens is 256 g/mol. The van der Waals surface area contributed by atoms with Crippen LogP contribution in [0, 0.1) is 0 Å². The molecule has 1 heterocycles. The summed E-state index contributed by atoms with van der Waals surface area (Å²) in [5.74, 6) is 0. The molecule has 0 aliphatic carbocycles. The molecule has 2 rings (SSSR count). The third-order valence-corrected chi connectivity index (χ3v) is 3.98. The van der Waals surface area contributed by atoms with Gasteiger partial charge in [-0.15, -0.1) is 11.3 Å². The van der Waals surface area contributed by atoms with Crippen molar-refractivity contribution in [2.75, 3.05) is 20.8 Å². The molecule has 0 atom stereocenters. The number of rotatable bonds is 7. The van der Waals surface area contributed by atoms with Gasteiger partial charge in [-0.25, -0.2) is 4.98 Å². The molecule has 0 saturated carbocycles. The summed E-state index contributed by atoms with van der Waals surface area (Å²) in [6.07, 6.45) is 2.01. The number of ether oxygens (including phenoxy) is 1. The smallest absolute Gasteiger partial charge is 0.0936 e. The summed E-state index contributed by atoms with van der Waals surface area (Å²) in [4.78, 5) is 6.10. The lowest BCUT2D eigenvalue weighted by atomic mass is 10.1. The third-order valence-electron chi connectivity index (χ3n) is 2.87. The van der Waals surface area contributed by atoms with Crippen molar-refractivity contribution in [3.05, 3.63) is 40.2 Å². The molecule has 1 N–H and O–H groups in total. The summed E-state index contributed by atoms with van der Waals surface area (Å²) in [7, 11) is 3.71. The number of aryl methyl sites for hydroxylation is 1. The Balaban J connectivity index is 2.21. The number of hydrogen-bond donors (Lipinski definition) is 1. The topological polar surface area (TPSA) is 34.1 Å². The fourth-order valence-corrected chi connectivity index (χ4v) is 3.12. The molecule has 3 nitrogen and oxygen atoms in total. The second kappa shape index (κ2) is 7.38. The number of aromatic nitrogens is 1. The van der Waals surface area contributed by atoms with Crippen molar-refractivity contribution in [3.8, 4) is 11.3 Å². The van der Waals surface area contributed by atoms with Crippen molar-refractivity contribution < 1.29 is 4.74 Å². The fourth-order valence-electron chi connectivity index (χ4n) is 1.98. The normalized spacial score (nSPS) is 10.8. The van der Waals surface area contributed by atoms with Crippen LogP contribution in [0.2, 0.25) is 0 Å². The molecule has 0 saturated heterocycles. The van der Waals surface area contributed by atoms with Gasteiger partial charge in [0.1, 0.15) is 0 Å². The van der Waals surface area contributed by atoms with Crippen molar-refractivity contribution >= 4 is 11.3 Å². The van der Waals surface area contributed by atoms with Gasteiger partial charge in [0.05, 0.1) is 10.7 Å². The van der Waals surface area contributed by atoms with E-state index in [-0.39, 0.29) is 0 Å². The first kappa shape index (κ1) is 14.2. The minimum Gasteiger partial charge on any atom is -0.385 e. The molecule has 1 aromatic heterocycles. The lowest BCUT2D eigenvalue weighted by molar-refractivity contribution is 0.195. The molecule has 0 amide bonds. The van der Waals surface area contributed by atoms with Crippen LogP contribution < -0.4 is 5.32 Å². The highest BCUT2D eigenvalue weighted by Gasteiger charge is 2.12. The van der Waals surface area contributed by atoms with E-state index in [9.17, 15) is 0 Å². The number of benzene rings is 1. The zero-order valence-corrected chi connectivity index (χ0v) is 12.3. The quantitative estimate of drug-likeness (QED) is 0.789. The molecule has 0 unspecified atom stereocenters. The second-order valence-electron chi connectivity index (χ2n) is 4.37. The Labute approximate surface area is 118 Å². The summed E-state index contributed by atoms with van der Waals surface area (Å²) in [5, 5.41) is 4.42. The zero-order valence-electron chi connectivity index (χ0n) is 11.5. The monoisotopic (exact) mass is 276 g/mol. The number of nitrogens with zero attached hydrogens (tertiary/aromatic N) is 1. The van der Waals surface area contributed by atoms with Gasteiger partial charge >= 0.3 is 0 Å². The first-order valence-corrected chi connectivity index (χ1v) is 7.34. The van der Waals surface area contributed by atoms with Crippen LogP contribution in [0.5, 0.6) is 0 Å². The van der Waals surface area contributed by atoms with Crippen LogP contribution in [0.15, 0.2) is 30.3 Å². The Morgan fingerprint density at radius 1 is 1.26 bits per heavy atom. The zero-order chi connectivity index (χ0) is 13.5. The average molecular weight is 276 g/mol. The van der Waals surface area contributed by atoms with E-state index in [1.54, 1.807) is 18.4 Å². The molecule has 19 heavy (non-hydrogen) atoms. The summed E-state index contributed by atoms with van der Waals surface area (Å²) in [6.45, 7) is 1.66. The van der Waals surface area contributed by atoms with Crippen LogP contribution in [0.25, 0.3) is 11.3 Å². The Morgan fingerprint density at radius 2 is 2.05 bits per heavy atom. The van der Waals surface area contributed by atoms with Gasteiger partial charge in [-0.3, -0.25) is 0 Å². The lowest BCUT2D eigenvalue weighted by Gasteiger charge is -2.00. The van der Waals surface area contributed by atoms with Gasteiger partial charge < -0.3 is 10.1 Å². The molecule has 0 aliphatic heterocycles. The molecule has 0 aliphatic rings. The maximum absolute atomic E-state index is 5.10. The predicted molar refractivity (Wildman–Crippen MR) is 80.5 cm³/mol. The van der Waals surface area contributed by atoms with Gasteiger partial charge in [0, 0.05) is 37.1 Å². The Kier molecular flexibility index (Phi) is 5.51. The summed E-state index contributed by atoms with van der Waals surface area (Å²) in [6, 6.07) is 10.4. The highest BCUT2D eigenvalue weighted by Crippen LogP contribution is 2.28. The summed E-state index contributed by atoms with van der Waals surface area (Å²) in [5.41, 5.74) is 2.31. The van der Waals surface area contributed by atoms with Crippen molar-refractivity contribution in [1.29, 1.82) is 0 Å². The summed E-state index contributed by atoms with van der Waals surface area (Å²) >= 11 is 1.80. The van der Waals surface area contributed by atoms with Crippen molar-refractivity contribution in [2.45, 2.75) is 19.4 Å². The third kappa shape index (κ3) is 3.86. The largest absolute Gasteiger partial charge is 0.385 e. The SMILES string of the molecule is CNCc1sc(CCCOC)nc1-c1ccccc1. The Morgan fingerprint density at radius 3 is 2.74 bits per heavy atom. The number of nitrogens with one attached hydrogen (secondary N) is 1. The van der Waals surface area contributed by atoms with Gasteiger partial charge in [0.15, 0.2) is 0 Å². The second-order valence-corrected chi connectivity index (χ2v) is 5.54. The van der Waals surface area contributed by atoms with Crippen LogP contribution >= 0.6 is 11.3 Å². The fraction of sp³-hybridized carbons (Fsp3) is 0.400. The first-order chi connectivity index (χ1) is 9.35. The minimum atomic E-state index is 0.793. The van der Waals surface area contributed by atoms with Crippen LogP contribution in [-0.4, -0.2) is 25.7 Å². The first-order valence-electron chi connectivity index (χ1n) is 6.52. The van der Waals surface area contributed by atoms with E-state index in [1.807, 2.05) is 13.1 Å². The average Bonchev–Trinajstić information content (AvgIpc) is 2.84. The van der Waals surface area contributed by atoms with Crippen LogP contribution in [0.3, 0.4) is 0 Å². The summed E-state index contributed by atoms with van der Waals surface area (Å²) < 4.78 is 5.10. The van der Waals surface area contributed by atoms with Gasteiger partial charge in [-0.2, -0.15) is 0 Å². The van der Waals surface area contributed by atoms with Crippen LogP contribution in [0.1, 0.15) is 16.3 Å². The molecule has 0 spiro atoms. The number of methoxy groups -OCH3 is 1. The minimum absolute atomic E-state index is 0.793. The van der Waals surface area contributed by atoms with Crippen molar-refractivity contribution in [1.82, 2.24) is 10.3 Å². The van der Waals surface area contributed by atoms with Gasteiger partial charge in [-0.1, -0.05) is 30.3 Å². The van der Waals surface area contributed by atoms with E-state index in [2.05, 4.69) is 29.6 Å². The van der Waals surface area contributed by atoms with E-state index in [1.165, 1.54) is 15.4 Å². The van der Waals surface area contributed by atoms with Gasteiger partial charge in [-0.05, 0) is 13.5 Å². The molecule has 102 valence electrons. The van der Waals surface area contributed by atoms with Gasteiger partial charge in [0.25, 0.3) is 0 Å². The molecule has 1 aromatic carbocycles. The Hall–Kier alpha value is -1.23. The standard InChI is InChI=1S/C15H20N2OS/c1-16-11-13-15(12-7-4-3-5-8-12)17-14(19-13)9-6-10-18-2/h3-5,7-8,16H,6,9-11H2,1-2H3. The van der Waals surface area contributed by atoms with E-state index >= 15 is 0 Å². The van der Waals surface area contributed by atoms with Crippen LogP contribution in [0.4, 0.5) is 0 Å². The maximum atomic E-state index is 5.10. The highest BCUT2D eigenvalue weighted by atomic mass is 32.1. The van der Waals surface area contributed by atoms with E-state index in [4.69, 9.17) is 9.72 Å². The lowest BCUT2D eigenvalue weighted by Crippen LogP contribution is -2.04. The molecule has 0 bridgehead atoms. The highest BCUT2D eigenvalue weighted by molar-refractivity contribution is 7.12.